The van der Waals surface area contributed by atoms with E-state index < -0.39 is 0 Å². The minimum Gasteiger partial charge on any atom is -0.383 e. The van der Waals surface area contributed by atoms with E-state index >= 15 is 0 Å². The molecule has 6 heteroatoms. The number of hydrogen-bond donors (Lipinski definition) is 0. The molecule has 140 valence electrons. The van der Waals surface area contributed by atoms with Gasteiger partial charge in [0.05, 0.1) is 34.8 Å². The van der Waals surface area contributed by atoms with Gasteiger partial charge in [0, 0.05) is 24.2 Å². The monoisotopic (exact) mass is 393 g/mol. The lowest BCUT2D eigenvalue weighted by Crippen LogP contribution is -2.34. The van der Waals surface area contributed by atoms with E-state index in [1.807, 2.05) is 12.1 Å². The summed E-state index contributed by atoms with van der Waals surface area (Å²) in [7, 11) is 1.76. The fraction of sp³-hybridized carbons (Fsp3) is 0.500. The third-order valence-corrected chi connectivity index (χ3v) is 5.43. The summed E-state index contributed by atoms with van der Waals surface area (Å²) < 4.78 is 5.41. The summed E-state index contributed by atoms with van der Waals surface area (Å²) in [5, 5.41) is 1.23. The first-order valence-corrected chi connectivity index (χ1v) is 9.95. The zero-order chi connectivity index (χ0) is 18.7. The molecule has 26 heavy (non-hydrogen) atoms. The molecule has 1 aliphatic rings. The molecule has 1 fully saturated rings. The van der Waals surface area contributed by atoms with E-state index in [1.54, 1.807) is 13.2 Å². The molecule has 3 rings (SSSR count). The van der Waals surface area contributed by atoms with E-state index in [-0.39, 0.29) is 0 Å². The summed E-state index contributed by atoms with van der Waals surface area (Å²) in [5.74, 6) is 0.998. The van der Waals surface area contributed by atoms with Gasteiger partial charge in [0.15, 0.2) is 5.82 Å². The van der Waals surface area contributed by atoms with Gasteiger partial charge in [-0.1, -0.05) is 37.0 Å². The van der Waals surface area contributed by atoms with Crippen molar-refractivity contribution in [2.75, 3.05) is 25.2 Å². The molecule has 0 unspecified atom stereocenters. The van der Waals surface area contributed by atoms with Crippen LogP contribution < -0.4 is 4.90 Å². The number of aromatic nitrogens is 2. The largest absolute Gasteiger partial charge is 0.383 e. The average Bonchev–Trinajstić information content (AvgIpc) is 3.09. The average molecular weight is 394 g/mol. The maximum Gasteiger partial charge on any atom is 0.151 e. The predicted octanol–water partition coefficient (Wildman–Crippen LogP) is 5.19. The van der Waals surface area contributed by atoms with Crippen molar-refractivity contribution in [3.63, 3.8) is 0 Å². The van der Waals surface area contributed by atoms with Crippen molar-refractivity contribution >= 4 is 29.0 Å². The van der Waals surface area contributed by atoms with E-state index in [9.17, 15) is 0 Å². The first-order chi connectivity index (χ1) is 12.6. The van der Waals surface area contributed by atoms with Crippen molar-refractivity contribution < 1.29 is 4.74 Å². The first-order valence-electron chi connectivity index (χ1n) is 9.19. The van der Waals surface area contributed by atoms with Crippen LogP contribution in [-0.2, 0) is 17.6 Å². The Hall–Kier alpha value is -1.36. The summed E-state index contributed by atoms with van der Waals surface area (Å²) in [5.41, 5.74) is 3.71. The fourth-order valence-corrected chi connectivity index (χ4v) is 4.08. The van der Waals surface area contributed by atoms with Crippen molar-refractivity contribution in [1.29, 1.82) is 0 Å². The number of aryl methyl sites for hydroxylation is 2. The van der Waals surface area contributed by atoms with Crippen molar-refractivity contribution in [3.05, 3.63) is 39.6 Å². The summed E-state index contributed by atoms with van der Waals surface area (Å²) in [6.07, 6.45) is 3.90. The smallest absolute Gasteiger partial charge is 0.151 e. The summed E-state index contributed by atoms with van der Waals surface area (Å²) in [4.78, 5) is 12.4. The molecule has 1 saturated heterocycles. The predicted molar refractivity (Wildman–Crippen MR) is 108 cm³/mol. The Bertz CT molecular complexity index is 782. The van der Waals surface area contributed by atoms with Crippen LogP contribution in [0.25, 0.3) is 11.3 Å². The maximum atomic E-state index is 6.44. The van der Waals surface area contributed by atoms with Gasteiger partial charge in [-0.2, -0.15) is 0 Å². The second kappa shape index (κ2) is 8.55. The van der Waals surface area contributed by atoms with E-state index in [0.717, 1.165) is 67.3 Å². The summed E-state index contributed by atoms with van der Waals surface area (Å²) in [6.45, 7) is 5.94. The van der Waals surface area contributed by atoms with Crippen LogP contribution in [0.1, 0.15) is 38.1 Å². The molecule has 0 aliphatic carbocycles. The number of rotatable bonds is 6. The van der Waals surface area contributed by atoms with Gasteiger partial charge in [0.25, 0.3) is 0 Å². The standard InChI is InChI=1S/C20H25Cl2N3O/c1-4-17-19(15-9-8-13(21)11-16(15)22)23-18(5-2)20(24-17)25-10-6-7-14(25)12-26-3/h8-9,11,14H,4-7,10,12H2,1-3H3/t14-/m0/s1. The van der Waals surface area contributed by atoms with Crippen LogP contribution in [0.4, 0.5) is 5.82 Å². The van der Waals surface area contributed by atoms with E-state index in [1.165, 1.54) is 0 Å². The molecule has 0 amide bonds. The number of halogens is 2. The van der Waals surface area contributed by atoms with Crippen molar-refractivity contribution in [3.8, 4) is 11.3 Å². The molecule has 1 aromatic heterocycles. The highest BCUT2D eigenvalue weighted by Gasteiger charge is 2.28. The van der Waals surface area contributed by atoms with Gasteiger partial charge in [-0.05, 0) is 43.9 Å². The fourth-order valence-electron chi connectivity index (χ4n) is 3.59. The third kappa shape index (κ3) is 3.83. The van der Waals surface area contributed by atoms with Crippen molar-refractivity contribution in [2.45, 2.75) is 45.6 Å². The zero-order valence-corrected chi connectivity index (χ0v) is 17.1. The van der Waals surface area contributed by atoms with Crippen LogP contribution in [0, 0.1) is 0 Å². The molecular weight excluding hydrogens is 369 g/mol. The lowest BCUT2D eigenvalue weighted by Gasteiger charge is -2.27. The molecule has 1 aliphatic heterocycles. The molecule has 0 N–H and O–H groups in total. The van der Waals surface area contributed by atoms with Crippen molar-refractivity contribution in [2.24, 2.45) is 0 Å². The molecule has 0 saturated carbocycles. The Morgan fingerprint density at radius 3 is 2.58 bits per heavy atom. The second-order valence-corrected chi connectivity index (χ2v) is 7.41. The normalized spacial score (nSPS) is 17.1. The Morgan fingerprint density at radius 1 is 1.15 bits per heavy atom. The lowest BCUT2D eigenvalue weighted by atomic mass is 10.1. The molecule has 2 heterocycles. The first kappa shape index (κ1) is 19.4. The highest BCUT2D eigenvalue weighted by molar-refractivity contribution is 6.36. The number of anilines is 1. The zero-order valence-electron chi connectivity index (χ0n) is 15.6. The SMILES string of the molecule is CCc1nc(N2CCC[C@H]2COC)c(CC)nc1-c1ccc(Cl)cc1Cl. The van der Waals surface area contributed by atoms with Gasteiger partial charge in [0.2, 0.25) is 0 Å². The van der Waals surface area contributed by atoms with Crippen LogP contribution in [0.2, 0.25) is 10.0 Å². The lowest BCUT2D eigenvalue weighted by molar-refractivity contribution is 0.180. The topological polar surface area (TPSA) is 38.2 Å². The highest BCUT2D eigenvalue weighted by atomic mass is 35.5. The Labute approximate surface area is 165 Å². The minimum atomic E-state index is 0.370. The molecule has 0 radical (unpaired) electrons. The second-order valence-electron chi connectivity index (χ2n) is 6.57. The van der Waals surface area contributed by atoms with Gasteiger partial charge in [-0.15, -0.1) is 0 Å². The van der Waals surface area contributed by atoms with Crippen LogP contribution in [-0.4, -0.2) is 36.3 Å². The molecule has 0 bridgehead atoms. The summed E-state index contributed by atoms with van der Waals surface area (Å²) in [6, 6.07) is 5.90. The van der Waals surface area contributed by atoms with Crippen LogP contribution in [0.5, 0.6) is 0 Å². The van der Waals surface area contributed by atoms with Crippen LogP contribution >= 0.6 is 23.2 Å². The molecular formula is C20H25Cl2N3O. The third-order valence-electron chi connectivity index (χ3n) is 4.88. The number of hydrogen-bond acceptors (Lipinski definition) is 4. The molecule has 2 aromatic rings. The van der Waals surface area contributed by atoms with E-state index in [0.29, 0.717) is 16.1 Å². The van der Waals surface area contributed by atoms with Crippen molar-refractivity contribution in [1.82, 2.24) is 9.97 Å². The van der Waals surface area contributed by atoms with Gasteiger partial charge < -0.3 is 9.64 Å². The van der Waals surface area contributed by atoms with E-state index in [4.69, 9.17) is 37.9 Å². The Morgan fingerprint density at radius 2 is 1.92 bits per heavy atom. The Balaban J connectivity index is 2.09. The van der Waals surface area contributed by atoms with Crippen LogP contribution in [0.3, 0.4) is 0 Å². The van der Waals surface area contributed by atoms with E-state index in [2.05, 4.69) is 18.7 Å². The number of ether oxygens (including phenoxy) is 1. The van der Waals surface area contributed by atoms with Gasteiger partial charge in [-0.25, -0.2) is 9.97 Å². The van der Waals surface area contributed by atoms with Crippen LogP contribution in [0.15, 0.2) is 18.2 Å². The maximum absolute atomic E-state index is 6.44. The quantitative estimate of drug-likeness (QED) is 0.676. The number of methoxy groups -OCH3 is 1. The number of nitrogens with zero attached hydrogens (tertiary/aromatic N) is 3. The molecule has 0 spiro atoms. The molecule has 1 aromatic carbocycles. The van der Waals surface area contributed by atoms with Gasteiger partial charge in [-0.3, -0.25) is 0 Å². The Kier molecular flexibility index (Phi) is 6.38. The molecule has 4 nitrogen and oxygen atoms in total. The van der Waals surface area contributed by atoms with Gasteiger partial charge in [0.1, 0.15) is 0 Å². The summed E-state index contributed by atoms with van der Waals surface area (Å²) >= 11 is 12.5. The highest BCUT2D eigenvalue weighted by Crippen LogP contribution is 2.34. The minimum absolute atomic E-state index is 0.370. The number of benzene rings is 1. The van der Waals surface area contributed by atoms with Gasteiger partial charge >= 0.3 is 0 Å². The molecule has 1 atom stereocenters.